The van der Waals surface area contributed by atoms with E-state index in [2.05, 4.69) is 25.3 Å². The summed E-state index contributed by atoms with van der Waals surface area (Å²) < 4.78 is 7.51. The largest absolute Gasteiger partial charge is 0.424 e. The molecule has 3 aromatic heterocycles. The van der Waals surface area contributed by atoms with E-state index in [-0.39, 0.29) is 19.0 Å². The van der Waals surface area contributed by atoms with Gasteiger partial charge in [-0.2, -0.15) is 0 Å². The Kier molecular flexibility index (Phi) is 4.21. The Morgan fingerprint density at radius 1 is 1.19 bits per heavy atom. The molecule has 1 aromatic carbocycles. The van der Waals surface area contributed by atoms with Gasteiger partial charge in [-0.05, 0) is 30.7 Å². The third kappa shape index (κ3) is 3.45. The molecule has 0 aliphatic heterocycles. The first-order chi connectivity index (χ1) is 13.1. The standard InChI is InChI=1S/C19H16N6O2.H2/c1-12-4-5-13(10-16(12)27-19-20-7-3-8-21-19)23-18(26)15-11-22-14-6-9-25(2)17(14)24-15;/h3-11H,1-2H3,(H,23,26);1H. The van der Waals surface area contributed by atoms with Gasteiger partial charge in [-0.25, -0.2) is 15.0 Å². The first kappa shape index (κ1) is 16.6. The molecule has 0 aliphatic carbocycles. The monoisotopic (exact) mass is 362 g/mol. The molecule has 0 spiro atoms. The minimum absolute atomic E-state index is 0. The number of nitrogens with one attached hydrogen (secondary N) is 1. The van der Waals surface area contributed by atoms with Crippen LogP contribution in [0.2, 0.25) is 0 Å². The van der Waals surface area contributed by atoms with Crippen molar-refractivity contribution in [2.24, 2.45) is 7.05 Å². The SMILES string of the molecule is Cc1ccc(NC(=O)c2cnc3ccn(C)c3n2)cc1Oc1ncccn1.[HH]. The number of fused-ring (bicyclic) bond motifs is 1. The molecule has 3 heterocycles. The topological polar surface area (TPSA) is 94.8 Å². The van der Waals surface area contributed by atoms with E-state index in [0.717, 1.165) is 11.1 Å². The van der Waals surface area contributed by atoms with Crippen molar-refractivity contribution in [1.82, 2.24) is 24.5 Å². The molecule has 136 valence electrons. The van der Waals surface area contributed by atoms with Gasteiger partial charge in [-0.15, -0.1) is 0 Å². The van der Waals surface area contributed by atoms with Crippen LogP contribution in [-0.4, -0.2) is 30.4 Å². The lowest BCUT2D eigenvalue weighted by molar-refractivity contribution is 0.102. The maximum absolute atomic E-state index is 12.6. The van der Waals surface area contributed by atoms with Crippen LogP contribution in [0, 0.1) is 6.92 Å². The van der Waals surface area contributed by atoms with Gasteiger partial charge in [0.05, 0.1) is 6.20 Å². The Morgan fingerprint density at radius 3 is 2.81 bits per heavy atom. The van der Waals surface area contributed by atoms with Gasteiger partial charge in [0.25, 0.3) is 5.91 Å². The van der Waals surface area contributed by atoms with Crippen molar-refractivity contribution in [3.63, 3.8) is 0 Å². The molecule has 0 saturated carbocycles. The summed E-state index contributed by atoms with van der Waals surface area (Å²) in [4.78, 5) is 29.3. The summed E-state index contributed by atoms with van der Waals surface area (Å²) >= 11 is 0. The van der Waals surface area contributed by atoms with Crippen LogP contribution in [0.4, 0.5) is 5.69 Å². The molecule has 4 rings (SSSR count). The fourth-order valence-corrected chi connectivity index (χ4v) is 2.55. The van der Waals surface area contributed by atoms with E-state index in [1.165, 1.54) is 6.20 Å². The minimum atomic E-state index is -0.351. The number of ether oxygens (including phenoxy) is 1. The average molecular weight is 362 g/mol. The number of rotatable bonds is 4. The fourth-order valence-electron chi connectivity index (χ4n) is 2.55. The Labute approximate surface area is 156 Å². The quantitative estimate of drug-likeness (QED) is 0.598. The third-order valence-corrected chi connectivity index (χ3v) is 3.99. The van der Waals surface area contributed by atoms with E-state index in [1.807, 2.05) is 36.9 Å². The van der Waals surface area contributed by atoms with Crippen LogP contribution >= 0.6 is 0 Å². The normalized spacial score (nSPS) is 10.7. The van der Waals surface area contributed by atoms with Crippen molar-refractivity contribution in [1.29, 1.82) is 0 Å². The number of benzene rings is 1. The van der Waals surface area contributed by atoms with Crippen LogP contribution in [0.25, 0.3) is 11.2 Å². The molecule has 0 unspecified atom stereocenters. The molecule has 1 amide bonds. The van der Waals surface area contributed by atoms with E-state index in [4.69, 9.17) is 4.74 Å². The van der Waals surface area contributed by atoms with Gasteiger partial charge < -0.3 is 14.6 Å². The van der Waals surface area contributed by atoms with Crippen molar-refractivity contribution >= 4 is 22.8 Å². The van der Waals surface area contributed by atoms with Crippen LogP contribution in [0.1, 0.15) is 17.5 Å². The van der Waals surface area contributed by atoms with Crippen LogP contribution in [-0.2, 0) is 7.05 Å². The number of hydrogen-bond donors (Lipinski definition) is 1. The lowest BCUT2D eigenvalue weighted by Crippen LogP contribution is -2.14. The van der Waals surface area contributed by atoms with Crippen molar-refractivity contribution in [2.45, 2.75) is 6.92 Å². The van der Waals surface area contributed by atoms with Crippen molar-refractivity contribution in [3.05, 3.63) is 66.4 Å². The van der Waals surface area contributed by atoms with Gasteiger partial charge in [-0.1, -0.05) is 6.07 Å². The molecular weight excluding hydrogens is 344 g/mol. The number of aryl methyl sites for hydroxylation is 2. The lowest BCUT2D eigenvalue weighted by Gasteiger charge is -2.10. The maximum Gasteiger partial charge on any atom is 0.321 e. The first-order valence-corrected chi connectivity index (χ1v) is 8.25. The molecule has 1 N–H and O–H groups in total. The molecule has 0 radical (unpaired) electrons. The summed E-state index contributed by atoms with van der Waals surface area (Å²) in [6.07, 6.45) is 6.51. The molecule has 27 heavy (non-hydrogen) atoms. The van der Waals surface area contributed by atoms with E-state index >= 15 is 0 Å². The Bertz CT molecular complexity index is 1130. The van der Waals surface area contributed by atoms with Crippen LogP contribution in [0.5, 0.6) is 11.8 Å². The number of amides is 1. The average Bonchev–Trinajstić information content (AvgIpc) is 3.06. The number of hydrogen-bond acceptors (Lipinski definition) is 6. The summed E-state index contributed by atoms with van der Waals surface area (Å²) in [6.45, 7) is 1.90. The summed E-state index contributed by atoms with van der Waals surface area (Å²) in [6, 6.07) is 9.16. The number of anilines is 1. The predicted molar refractivity (Wildman–Crippen MR) is 102 cm³/mol. The zero-order valence-corrected chi connectivity index (χ0v) is 14.7. The molecule has 8 heteroatoms. The predicted octanol–water partition coefficient (Wildman–Crippen LogP) is 3.36. The van der Waals surface area contributed by atoms with E-state index in [0.29, 0.717) is 17.1 Å². The molecule has 0 bridgehead atoms. The second-order valence-corrected chi connectivity index (χ2v) is 5.96. The molecule has 0 aliphatic rings. The van der Waals surface area contributed by atoms with Gasteiger partial charge in [0.15, 0.2) is 5.65 Å². The number of carbonyl (C=O) groups excluding carboxylic acids is 1. The highest BCUT2D eigenvalue weighted by Crippen LogP contribution is 2.26. The van der Waals surface area contributed by atoms with Crippen molar-refractivity contribution in [2.75, 3.05) is 5.32 Å². The zero-order valence-electron chi connectivity index (χ0n) is 14.7. The molecule has 0 fully saturated rings. The summed E-state index contributed by atoms with van der Waals surface area (Å²) in [5, 5.41) is 2.82. The Hall–Kier alpha value is -3.81. The van der Waals surface area contributed by atoms with Gasteiger partial charge in [0.2, 0.25) is 0 Å². The van der Waals surface area contributed by atoms with Gasteiger partial charge in [0, 0.05) is 38.8 Å². The Balaban J connectivity index is 0.00000225. The van der Waals surface area contributed by atoms with Crippen LogP contribution < -0.4 is 10.1 Å². The van der Waals surface area contributed by atoms with Crippen molar-refractivity contribution in [3.8, 4) is 11.8 Å². The second kappa shape index (κ2) is 6.83. The summed E-state index contributed by atoms with van der Waals surface area (Å²) in [5.41, 5.74) is 3.09. The first-order valence-electron chi connectivity index (χ1n) is 8.25. The lowest BCUT2D eigenvalue weighted by atomic mass is 10.2. The van der Waals surface area contributed by atoms with Gasteiger partial charge in [0.1, 0.15) is 17.0 Å². The molecule has 0 saturated heterocycles. The summed E-state index contributed by atoms with van der Waals surface area (Å²) in [5.74, 6) is 0.208. The van der Waals surface area contributed by atoms with E-state index in [1.54, 1.807) is 30.6 Å². The summed E-state index contributed by atoms with van der Waals surface area (Å²) in [7, 11) is 1.86. The molecular formula is C19H18N6O2. The smallest absolute Gasteiger partial charge is 0.321 e. The maximum atomic E-state index is 12.6. The fraction of sp³-hybridized carbons (Fsp3) is 0.105. The second-order valence-electron chi connectivity index (χ2n) is 5.96. The third-order valence-electron chi connectivity index (χ3n) is 3.99. The minimum Gasteiger partial charge on any atom is -0.424 e. The zero-order chi connectivity index (χ0) is 18.8. The molecule has 4 aromatic rings. The highest BCUT2D eigenvalue weighted by molar-refractivity contribution is 6.03. The molecule has 0 atom stereocenters. The number of carbonyl (C=O) groups is 1. The Morgan fingerprint density at radius 2 is 2.00 bits per heavy atom. The van der Waals surface area contributed by atoms with Gasteiger partial charge >= 0.3 is 6.01 Å². The number of aromatic nitrogens is 5. The van der Waals surface area contributed by atoms with Crippen LogP contribution in [0.3, 0.4) is 0 Å². The van der Waals surface area contributed by atoms with E-state index < -0.39 is 0 Å². The highest BCUT2D eigenvalue weighted by atomic mass is 16.5. The number of nitrogens with zero attached hydrogens (tertiary/aromatic N) is 5. The van der Waals surface area contributed by atoms with Gasteiger partial charge in [-0.3, -0.25) is 9.78 Å². The highest BCUT2D eigenvalue weighted by Gasteiger charge is 2.12. The van der Waals surface area contributed by atoms with Crippen LogP contribution in [0.15, 0.2) is 55.1 Å². The van der Waals surface area contributed by atoms with Crippen molar-refractivity contribution < 1.29 is 11.0 Å². The molecule has 8 nitrogen and oxygen atoms in total. The van der Waals surface area contributed by atoms with E-state index in [9.17, 15) is 4.79 Å².